The highest BCUT2D eigenvalue weighted by atomic mass is 32.1. The van der Waals surface area contributed by atoms with Crippen molar-refractivity contribution in [2.75, 3.05) is 7.11 Å². The predicted octanol–water partition coefficient (Wildman–Crippen LogP) is 2.98. The number of amides is 1. The van der Waals surface area contributed by atoms with E-state index in [4.69, 9.17) is 4.74 Å². The number of hydrogen-bond acceptors (Lipinski definition) is 4. The molecule has 3 heterocycles. The number of rotatable bonds is 3. The molecular weight excluding hydrogens is 298 g/mol. The molecule has 2 aromatic heterocycles. The van der Waals surface area contributed by atoms with Gasteiger partial charge in [-0.3, -0.25) is 9.89 Å². The number of nitrogens with one attached hydrogen (secondary N) is 2. The standard InChI is InChI=1S/C16H13N3O2S/c1-21-10-6-4-9(5-7-10)13-12-14(11-3-2-8-22-11)18-19-15(12)16(20)17-13/h2-8,13H,1H3,(H,17,20)(H,18,19)/t13-/m0/s1. The summed E-state index contributed by atoms with van der Waals surface area (Å²) in [5.74, 6) is 0.647. The summed E-state index contributed by atoms with van der Waals surface area (Å²) in [4.78, 5) is 13.2. The van der Waals surface area contributed by atoms with Crippen molar-refractivity contribution in [3.8, 4) is 16.3 Å². The molecule has 0 bridgehead atoms. The molecule has 6 heteroatoms. The van der Waals surface area contributed by atoms with Crippen LogP contribution in [0.15, 0.2) is 41.8 Å². The van der Waals surface area contributed by atoms with E-state index in [1.165, 1.54) is 0 Å². The lowest BCUT2D eigenvalue weighted by molar-refractivity contribution is 0.0955. The Balaban J connectivity index is 1.81. The van der Waals surface area contributed by atoms with E-state index < -0.39 is 0 Å². The SMILES string of the molecule is COc1ccc([C@@H]2NC(=O)c3n[nH]c(-c4cccs4)c32)cc1. The Bertz CT molecular complexity index is 822. The number of carbonyl (C=O) groups excluding carboxylic acids is 1. The van der Waals surface area contributed by atoms with Crippen molar-refractivity contribution in [2.45, 2.75) is 6.04 Å². The van der Waals surface area contributed by atoms with Gasteiger partial charge in [-0.05, 0) is 29.1 Å². The largest absolute Gasteiger partial charge is 0.497 e. The van der Waals surface area contributed by atoms with Crippen LogP contribution < -0.4 is 10.1 Å². The topological polar surface area (TPSA) is 67.0 Å². The molecule has 0 aliphatic carbocycles. The number of nitrogens with zero attached hydrogens (tertiary/aromatic N) is 1. The highest BCUT2D eigenvalue weighted by Gasteiger charge is 2.35. The van der Waals surface area contributed by atoms with Gasteiger partial charge in [0.2, 0.25) is 0 Å². The maximum absolute atomic E-state index is 12.1. The van der Waals surface area contributed by atoms with Crippen LogP contribution in [0.2, 0.25) is 0 Å². The second-order valence-electron chi connectivity index (χ2n) is 5.02. The van der Waals surface area contributed by atoms with Gasteiger partial charge in [0, 0.05) is 5.56 Å². The monoisotopic (exact) mass is 311 g/mol. The Morgan fingerprint density at radius 1 is 1.23 bits per heavy atom. The lowest BCUT2D eigenvalue weighted by Gasteiger charge is -2.13. The molecule has 1 aliphatic heterocycles. The zero-order valence-electron chi connectivity index (χ0n) is 11.8. The number of thiophene rings is 1. The van der Waals surface area contributed by atoms with Gasteiger partial charge >= 0.3 is 0 Å². The molecule has 0 unspecified atom stereocenters. The van der Waals surface area contributed by atoms with Gasteiger partial charge in [0.1, 0.15) is 5.75 Å². The molecule has 2 N–H and O–H groups in total. The number of methoxy groups -OCH3 is 1. The summed E-state index contributed by atoms with van der Waals surface area (Å²) >= 11 is 1.62. The van der Waals surface area contributed by atoms with E-state index in [-0.39, 0.29) is 11.9 Å². The number of aromatic nitrogens is 2. The quantitative estimate of drug-likeness (QED) is 0.781. The minimum absolute atomic E-state index is 0.144. The number of ether oxygens (including phenoxy) is 1. The molecule has 0 saturated heterocycles. The van der Waals surface area contributed by atoms with Crippen LogP contribution in [0.25, 0.3) is 10.6 Å². The maximum Gasteiger partial charge on any atom is 0.272 e. The molecule has 0 fully saturated rings. The second-order valence-corrected chi connectivity index (χ2v) is 5.97. The third kappa shape index (κ3) is 1.92. The van der Waals surface area contributed by atoms with Gasteiger partial charge in [0.15, 0.2) is 5.69 Å². The van der Waals surface area contributed by atoms with Crippen LogP contribution >= 0.6 is 11.3 Å². The number of aromatic amines is 1. The van der Waals surface area contributed by atoms with Crippen molar-refractivity contribution in [1.29, 1.82) is 0 Å². The van der Waals surface area contributed by atoms with Crippen LogP contribution in [0.3, 0.4) is 0 Å². The number of benzene rings is 1. The summed E-state index contributed by atoms with van der Waals surface area (Å²) in [5, 5.41) is 12.2. The van der Waals surface area contributed by atoms with Gasteiger partial charge in [0.05, 0.1) is 23.7 Å². The molecule has 22 heavy (non-hydrogen) atoms. The number of hydrogen-bond donors (Lipinski definition) is 2. The zero-order chi connectivity index (χ0) is 15.1. The van der Waals surface area contributed by atoms with E-state index in [0.717, 1.165) is 27.4 Å². The fraction of sp³-hybridized carbons (Fsp3) is 0.125. The smallest absolute Gasteiger partial charge is 0.272 e. The van der Waals surface area contributed by atoms with E-state index in [2.05, 4.69) is 15.5 Å². The Hall–Kier alpha value is -2.60. The van der Waals surface area contributed by atoms with Crippen LogP contribution in [-0.4, -0.2) is 23.2 Å². The van der Waals surface area contributed by atoms with Crippen molar-refractivity contribution in [2.24, 2.45) is 0 Å². The minimum Gasteiger partial charge on any atom is -0.497 e. The van der Waals surface area contributed by atoms with E-state index in [1.54, 1.807) is 18.4 Å². The molecule has 4 rings (SSSR count). The van der Waals surface area contributed by atoms with Crippen molar-refractivity contribution < 1.29 is 9.53 Å². The third-order valence-electron chi connectivity index (χ3n) is 3.80. The molecule has 0 saturated carbocycles. The van der Waals surface area contributed by atoms with Gasteiger partial charge in [-0.2, -0.15) is 5.10 Å². The summed E-state index contributed by atoms with van der Waals surface area (Å²) in [7, 11) is 1.63. The van der Waals surface area contributed by atoms with Crippen LogP contribution in [0.1, 0.15) is 27.7 Å². The van der Waals surface area contributed by atoms with Crippen LogP contribution in [-0.2, 0) is 0 Å². The minimum atomic E-state index is -0.191. The van der Waals surface area contributed by atoms with Gasteiger partial charge in [0.25, 0.3) is 5.91 Å². The van der Waals surface area contributed by atoms with E-state index in [0.29, 0.717) is 5.69 Å². The van der Waals surface area contributed by atoms with E-state index >= 15 is 0 Å². The zero-order valence-corrected chi connectivity index (χ0v) is 12.6. The van der Waals surface area contributed by atoms with E-state index in [1.807, 2.05) is 41.8 Å². The van der Waals surface area contributed by atoms with Crippen LogP contribution in [0.5, 0.6) is 5.75 Å². The molecule has 1 aliphatic rings. The van der Waals surface area contributed by atoms with E-state index in [9.17, 15) is 4.79 Å². The summed E-state index contributed by atoms with van der Waals surface area (Å²) in [6.07, 6.45) is 0. The highest BCUT2D eigenvalue weighted by molar-refractivity contribution is 7.13. The number of H-pyrrole nitrogens is 1. The molecule has 110 valence electrons. The summed E-state index contributed by atoms with van der Waals surface area (Å²) in [6, 6.07) is 11.5. The summed E-state index contributed by atoms with van der Waals surface area (Å²) < 4.78 is 5.19. The number of carbonyl (C=O) groups is 1. The summed E-state index contributed by atoms with van der Waals surface area (Å²) in [6.45, 7) is 0. The molecule has 3 aromatic rings. The first kappa shape index (κ1) is 13.1. The lowest BCUT2D eigenvalue weighted by atomic mass is 9.99. The molecule has 0 spiro atoms. The van der Waals surface area contributed by atoms with Crippen molar-refractivity contribution in [3.63, 3.8) is 0 Å². The Kier molecular flexibility index (Phi) is 2.97. The predicted molar refractivity (Wildman–Crippen MR) is 84.2 cm³/mol. The average molecular weight is 311 g/mol. The van der Waals surface area contributed by atoms with Crippen molar-refractivity contribution >= 4 is 17.2 Å². The molecular formula is C16H13N3O2S. The third-order valence-corrected chi connectivity index (χ3v) is 4.69. The van der Waals surface area contributed by atoms with Crippen LogP contribution in [0, 0.1) is 0 Å². The van der Waals surface area contributed by atoms with Gasteiger partial charge in [-0.15, -0.1) is 11.3 Å². The Morgan fingerprint density at radius 2 is 2.05 bits per heavy atom. The number of fused-ring (bicyclic) bond motifs is 1. The van der Waals surface area contributed by atoms with Crippen molar-refractivity contribution in [3.05, 3.63) is 58.6 Å². The van der Waals surface area contributed by atoms with Gasteiger partial charge in [-0.1, -0.05) is 18.2 Å². The average Bonchev–Trinajstić information content (AvgIpc) is 3.25. The fourth-order valence-electron chi connectivity index (χ4n) is 2.73. The Labute approximate surface area is 130 Å². The highest BCUT2D eigenvalue weighted by Crippen LogP contribution is 2.38. The van der Waals surface area contributed by atoms with Gasteiger partial charge in [-0.25, -0.2) is 0 Å². The normalized spacial score (nSPS) is 16.4. The first-order valence-electron chi connectivity index (χ1n) is 6.85. The maximum atomic E-state index is 12.1. The molecule has 1 atom stereocenters. The lowest BCUT2D eigenvalue weighted by Crippen LogP contribution is -2.21. The molecule has 1 amide bonds. The molecule has 0 radical (unpaired) electrons. The fourth-order valence-corrected chi connectivity index (χ4v) is 3.47. The second kappa shape index (κ2) is 4.99. The molecule has 5 nitrogen and oxygen atoms in total. The van der Waals surface area contributed by atoms with Gasteiger partial charge < -0.3 is 10.1 Å². The summed E-state index contributed by atoms with van der Waals surface area (Å²) in [5.41, 5.74) is 3.30. The van der Waals surface area contributed by atoms with Crippen molar-refractivity contribution in [1.82, 2.24) is 15.5 Å². The first-order chi connectivity index (χ1) is 10.8. The Morgan fingerprint density at radius 3 is 2.73 bits per heavy atom. The first-order valence-corrected chi connectivity index (χ1v) is 7.73. The van der Waals surface area contributed by atoms with Crippen LogP contribution in [0.4, 0.5) is 0 Å². The molecule has 1 aromatic carbocycles.